The second-order valence-corrected chi connectivity index (χ2v) is 10.1. The molecule has 0 aliphatic heterocycles. The second kappa shape index (κ2) is 12.0. The highest BCUT2D eigenvalue weighted by atomic mass is 32.1. The number of thiazole rings is 1. The molecule has 0 spiro atoms. The fraction of sp³-hybridized carbons (Fsp3) is 0.233. The molecule has 8 nitrogen and oxygen atoms in total. The van der Waals surface area contributed by atoms with Crippen LogP contribution in [0.25, 0.3) is 21.1 Å². The Balaban J connectivity index is 1.34. The number of hydrogen-bond acceptors (Lipinski definition) is 6. The third kappa shape index (κ3) is 6.21. The number of ether oxygens (including phenoxy) is 1. The molecule has 39 heavy (non-hydrogen) atoms. The van der Waals surface area contributed by atoms with Crippen LogP contribution in [0.1, 0.15) is 24.5 Å². The quantitative estimate of drug-likeness (QED) is 0.221. The van der Waals surface area contributed by atoms with Gasteiger partial charge in [-0.2, -0.15) is 5.06 Å². The van der Waals surface area contributed by atoms with Crippen LogP contribution < -0.4 is 14.9 Å². The third-order valence-electron chi connectivity index (χ3n) is 6.63. The molecule has 2 amide bonds. The first-order valence-corrected chi connectivity index (χ1v) is 13.6. The van der Waals surface area contributed by atoms with Gasteiger partial charge in [-0.3, -0.25) is 9.59 Å². The zero-order valence-electron chi connectivity index (χ0n) is 21.8. The SMILES string of the molecule is COc1ccccc1CCC(=O)NCC(Cc1c[nH]c2ccccc12)N(Oc1ccc2ncsc2c1)C(C)=O. The lowest BCUT2D eigenvalue weighted by molar-refractivity contribution is -0.163. The van der Waals surface area contributed by atoms with Crippen LogP contribution in [0, 0.1) is 0 Å². The van der Waals surface area contributed by atoms with Gasteiger partial charge >= 0.3 is 0 Å². The van der Waals surface area contributed by atoms with E-state index < -0.39 is 6.04 Å². The number of carbonyl (C=O) groups excluding carboxylic acids is 2. The predicted octanol–water partition coefficient (Wildman–Crippen LogP) is 5.29. The van der Waals surface area contributed by atoms with E-state index in [1.54, 1.807) is 18.7 Å². The predicted molar refractivity (Wildman–Crippen MR) is 153 cm³/mol. The van der Waals surface area contributed by atoms with E-state index in [0.717, 1.165) is 38.0 Å². The molecule has 1 unspecified atom stereocenters. The lowest BCUT2D eigenvalue weighted by atomic mass is 10.0. The molecule has 0 saturated carbocycles. The summed E-state index contributed by atoms with van der Waals surface area (Å²) < 4.78 is 6.37. The normalized spacial score (nSPS) is 11.8. The van der Waals surface area contributed by atoms with Crippen molar-refractivity contribution in [3.8, 4) is 11.5 Å². The molecule has 0 fully saturated rings. The average Bonchev–Trinajstić information content (AvgIpc) is 3.59. The molecule has 5 rings (SSSR count). The molecule has 5 aromatic rings. The Morgan fingerprint density at radius 3 is 2.74 bits per heavy atom. The van der Waals surface area contributed by atoms with Crippen LogP contribution in [0.4, 0.5) is 0 Å². The van der Waals surface area contributed by atoms with E-state index in [2.05, 4.69) is 15.3 Å². The van der Waals surface area contributed by atoms with Crippen molar-refractivity contribution in [2.45, 2.75) is 32.2 Å². The van der Waals surface area contributed by atoms with Gasteiger partial charge in [-0.1, -0.05) is 36.4 Å². The van der Waals surface area contributed by atoms with Crippen LogP contribution >= 0.6 is 11.3 Å². The van der Waals surface area contributed by atoms with Gasteiger partial charge in [-0.15, -0.1) is 11.3 Å². The number of aromatic nitrogens is 2. The summed E-state index contributed by atoms with van der Waals surface area (Å²) in [5.74, 6) is 0.928. The molecule has 2 N–H and O–H groups in total. The summed E-state index contributed by atoms with van der Waals surface area (Å²) in [6.45, 7) is 1.70. The van der Waals surface area contributed by atoms with E-state index in [1.807, 2.05) is 66.9 Å². The fourth-order valence-electron chi connectivity index (χ4n) is 4.67. The van der Waals surface area contributed by atoms with Crippen molar-refractivity contribution >= 4 is 44.3 Å². The first kappa shape index (κ1) is 26.2. The highest BCUT2D eigenvalue weighted by Crippen LogP contribution is 2.26. The molecule has 2 aromatic heterocycles. The van der Waals surface area contributed by atoms with Gasteiger partial charge in [0.15, 0.2) is 5.75 Å². The van der Waals surface area contributed by atoms with Gasteiger partial charge in [-0.25, -0.2) is 4.98 Å². The molecule has 9 heteroatoms. The summed E-state index contributed by atoms with van der Waals surface area (Å²) in [6, 6.07) is 20.8. The third-order valence-corrected chi connectivity index (χ3v) is 7.42. The number of methoxy groups -OCH3 is 1. The van der Waals surface area contributed by atoms with Crippen LogP contribution in [0.15, 0.2) is 78.4 Å². The number of benzene rings is 3. The van der Waals surface area contributed by atoms with E-state index in [0.29, 0.717) is 25.0 Å². The highest BCUT2D eigenvalue weighted by molar-refractivity contribution is 7.16. The Hall–Kier alpha value is -4.37. The number of aromatic amines is 1. The van der Waals surface area contributed by atoms with E-state index in [-0.39, 0.29) is 18.4 Å². The second-order valence-electron chi connectivity index (χ2n) is 9.25. The van der Waals surface area contributed by atoms with Crippen LogP contribution in [0.3, 0.4) is 0 Å². The molecule has 0 saturated heterocycles. The average molecular weight is 543 g/mol. The van der Waals surface area contributed by atoms with Gasteiger partial charge in [0, 0.05) is 49.5 Å². The molecule has 1 atom stereocenters. The van der Waals surface area contributed by atoms with E-state index in [1.165, 1.54) is 23.3 Å². The van der Waals surface area contributed by atoms with Crippen LogP contribution in [-0.4, -0.2) is 46.5 Å². The summed E-state index contributed by atoms with van der Waals surface area (Å²) in [7, 11) is 1.62. The van der Waals surface area contributed by atoms with Gasteiger partial charge in [0.1, 0.15) is 5.75 Å². The Kier molecular flexibility index (Phi) is 8.07. The number of aryl methyl sites for hydroxylation is 1. The van der Waals surface area contributed by atoms with E-state index in [4.69, 9.17) is 9.57 Å². The van der Waals surface area contributed by atoms with Crippen molar-refractivity contribution in [1.82, 2.24) is 20.3 Å². The first-order chi connectivity index (χ1) is 19.0. The number of amides is 2. The minimum absolute atomic E-state index is 0.112. The number of para-hydroxylation sites is 2. The number of hydrogen-bond donors (Lipinski definition) is 2. The van der Waals surface area contributed by atoms with Crippen molar-refractivity contribution < 1.29 is 19.2 Å². The molecule has 0 radical (unpaired) electrons. The van der Waals surface area contributed by atoms with Crippen molar-refractivity contribution in [3.05, 3.63) is 89.6 Å². The molecule has 0 bridgehead atoms. The fourth-order valence-corrected chi connectivity index (χ4v) is 5.38. The topological polar surface area (TPSA) is 96.6 Å². The highest BCUT2D eigenvalue weighted by Gasteiger charge is 2.26. The van der Waals surface area contributed by atoms with E-state index in [9.17, 15) is 9.59 Å². The molecule has 200 valence electrons. The monoisotopic (exact) mass is 542 g/mol. The maximum absolute atomic E-state index is 12.9. The molecule has 3 aromatic carbocycles. The van der Waals surface area contributed by atoms with Gasteiger partial charge in [-0.05, 0) is 41.8 Å². The van der Waals surface area contributed by atoms with Crippen LogP contribution in [0.2, 0.25) is 0 Å². The number of rotatable bonds is 11. The van der Waals surface area contributed by atoms with Gasteiger partial charge in [0.05, 0.1) is 28.9 Å². The first-order valence-electron chi connectivity index (χ1n) is 12.8. The number of nitrogens with one attached hydrogen (secondary N) is 2. The number of hydroxylamine groups is 2. The lowest BCUT2D eigenvalue weighted by Crippen LogP contribution is -2.49. The maximum Gasteiger partial charge on any atom is 0.252 e. The van der Waals surface area contributed by atoms with Crippen molar-refractivity contribution in [2.24, 2.45) is 0 Å². The summed E-state index contributed by atoms with van der Waals surface area (Å²) in [5, 5.41) is 5.46. The number of H-pyrrole nitrogens is 1. The summed E-state index contributed by atoms with van der Waals surface area (Å²) in [6.07, 6.45) is 3.27. The Bertz CT molecular complexity index is 1590. The summed E-state index contributed by atoms with van der Waals surface area (Å²) >= 11 is 1.51. The molecule has 0 aliphatic rings. The Morgan fingerprint density at radius 1 is 1.08 bits per heavy atom. The number of fused-ring (bicyclic) bond motifs is 2. The maximum atomic E-state index is 12.9. The molecular weight excluding hydrogens is 512 g/mol. The minimum Gasteiger partial charge on any atom is -0.496 e. The largest absolute Gasteiger partial charge is 0.496 e. The lowest BCUT2D eigenvalue weighted by Gasteiger charge is -2.30. The minimum atomic E-state index is -0.450. The Labute approximate surface area is 230 Å². The van der Waals surface area contributed by atoms with Crippen LogP contribution in [-0.2, 0) is 22.4 Å². The zero-order valence-corrected chi connectivity index (χ0v) is 22.7. The Morgan fingerprint density at radius 2 is 1.90 bits per heavy atom. The van der Waals surface area contributed by atoms with E-state index >= 15 is 0 Å². The zero-order chi connectivity index (χ0) is 27.2. The van der Waals surface area contributed by atoms with Crippen molar-refractivity contribution in [3.63, 3.8) is 0 Å². The van der Waals surface area contributed by atoms with Gasteiger partial charge < -0.3 is 19.9 Å². The van der Waals surface area contributed by atoms with Gasteiger partial charge in [0.25, 0.3) is 5.91 Å². The molecule has 0 aliphatic carbocycles. The van der Waals surface area contributed by atoms with Crippen molar-refractivity contribution in [1.29, 1.82) is 0 Å². The molecular formula is C30H30N4O4S. The molecule has 2 heterocycles. The van der Waals surface area contributed by atoms with Crippen LogP contribution in [0.5, 0.6) is 11.5 Å². The summed E-state index contributed by atoms with van der Waals surface area (Å²) in [4.78, 5) is 39.5. The number of nitrogens with zero attached hydrogens (tertiary/aromatic N) is 2. The smallest absolute Gasteiger partial charge is 0.252 e. The van der Waals surface area contributed by atoms with Gasteiger partial charge in [0.2, 0.25) is 5.91 Å². The number of carbonyl (C=O) groups is 2. The summed E-state index contributed by atoms with van der Waals surface area (Å²) in [5.41, 5.74) is 5.67. The standard InChI is InChI=1S/C30H30N4O4S/c1-20(35)34(38-24-12-13-27-29(16-24)39-19-33-27)23(15-22-17-31-26-9-5-4-8-25(22)26)18-32-30(36)14-11-21-7-3-6-10-28(21)37-2/h3-10,12-13,16-17,19,23,31H,11,14-15,18H2,1-2H3,(H,32,36). The van der Waals surface area contributed by atoms with Crippen molar-refractivity contribution in [2.75, 3.05) is 13.7 Å².